The zero-order valence-electron chi connectivity index (χ0n) is 16.5. The van der Waals surface area contributed by atoms with Gasteiger partial charge in [0.15, 0.2) is 17.3 Å². The maximum Gasteiger partial charge on any atom is 0.278 e. The van der Waals surface area contributed by atoms with Gasteiger partial charge < -0.3 is 10.6 Å². The first kappa shape index (κ1) is 19.7. The summed E-state index contributed by atoms with van der Waals surface area (Å²) in [5.74, 6) is -2.88. The van der Waals surface area contributed by atoms with Gasteiger partial charge in [0.2, 0.25) is 5.91 Å². The molecule has 0 saturated heterocycles. The summed E-state index contributed by atoms with van der Waals surface area (Å²) in [5.41, 5.74) is 2.69. The van der Waals surface area contributed by atoms with E-state index in [-0.39, 0.29) is 17.5 Å². The molecule has 2 amide bonds. The van der Waals surface area contributed by atoms with E-state index in [4.69, 9.17) is 0 Å². The molecule has 1 aliphatic rings. The first-order valence-corrected chi connectivity index (χ1v) is 9.85. The number of nitrogens with one attached hydrogen (secondary N) is 3. The van der Waals surface area contributed by atoms with Crippen molar-refractivity contribution in [3.05, 3.63) is 66.3 Å². The highest BCUT2D eigenvalue weighted by Gasteiger charge is 2.29. The number of carbonyl (C=O) groups excluding carboxylic acids is 2. The second-order valence-corrected chi connectivity index (χ2v) is 7.50. The summed E-state index contributed by atoms with van der Waals surface area (Å²) in [6.07, 6.45) is 5.83. The number of nitrogens with zero attached hydrogens (tertiary/aromatic N) is 3. The Morgan fingerprint density at radius 1 is 1.00 bits per heavy atom. The molecule has 0 radical (unpaired) electrons. The van der Waals surface area contributed by atoms with Gasteiger partial charge in [-0.15, -0.1) is 0 Å². The number of carbonyl (C=O) groups is 2. The second kappa shape index (κ2) is 7.80. The smallest absolute Gasteiger partial charge is 0.278 e. The second-order valence-electron chi connectivity index (χ2n) is 7.50. The van der Waals surface area contributed by atoms with Crippen LogP contribution in [0.2, 0.25) is 0 Å². The van der Waals surface area contributed by atoms with Crippen molar-refractivity contribution in [2.75, 3.05) is 10.6 Å². The molecule has 1 aromatic carbocycles. The number of amides is 2. The van der Waals surface area contributed by atoms with Crippen molar-refractivity contribution >= 4 is 34.2 Å². The molecule has 3 N–H and O–H groups in total. The molecule has 160 valence electrons. The van der Waals surface area contributed by atoms with E-state index in [1.165, 1.54) is 0 Å². The standard InChI is InChI=1S/C22H16F2N6O2/c23-14-7-17(24)20(26-9-14)28-22(32)19-16-6-12(3-4-18(16)29-30-19)13-5-15(10-25-8-13)27-21(31)11-1-2-11/h3-11H,1-2H2,(H,27,31)(H,29,30)(H,26,28,32). The maximum absolute atomic E-state index is 13.9. The van der Waals surface area contributed by atoms with E-state index in [0.717, 1.165) is 30.2 Å². The molecule has 0 unspecified atom stereocenters. The minimum absolute atomic E-state index is 0.0187. The molecule has 4 aromatic rings. The number of rotatable bonds is 5. The minimum atomic E-state index is -0.991. The number of fused-ring (bicyclic) bond motifs is 1. The van der Waals surface area contributed by atoms with Gasteiger partial charge in [-0.3, -0.25) is 19.7 Å². The highest BCUT2D eigenvalue weighted by molar-refractivity contribution is 6.11. The van der Waals surface area contributed by atoms with Crippen LogP contribution in [0.15, 0.2) is 48.9 Å². The van der Waals surface area contributed by atoms with E-state index in [0.29, 0.717) is 22.7 Å². The van der Waals surface area contributed by atoms with Gasteiger partial charge in [0.1, 0.15) is 5.82 Å². The van der Waals surface area contributed by atoms with Crippen LogP contribution in [0.5, 0.6) is 0 Å². The lowest BCUT2D eigenvalue weighted by Gasteiger charge is -2.07. The van der Waals surface area contributed by atoms with Crippen molar-refractivity contribution in [3.8, 4) is 11.1 Å². The molecule has 0 spiro atoms. The number of anilines is 2. The summed E-state index contributed by atoms with van der Waals surface area (Å²) in [7, 11) is 0. The van der Waals surface area contributed by atoms with Gasteiger partial charge >= 0.3 is 0 Å². The van der Waals surface area contributed by atoms with E-state index < -0.39 is 23.4 Å². The van der Waals surface area contributed by atoms with Gasteiger partial charge in [0, 0.05) is 29.1 Å². The van der Waals surface area contributed by atoms with Gasteiger partial charge in [-0.1, -0.05) is 6.07 Å². The average molecular weight is 434 g/mol. The first-order valence-electron chi connectivity index (χ1n) is 9.85. The summed E-state index contributed by atoms with van der Waals surface area (Å²) < 4.78 is 26.9. The molecule has 0 aliphatic heterocycles. The third-order valence-electron chi connectivity index (χ3n) is 5.10. The minimum Gasteiger partial charge on any atom is -0.324 e. The predicted molar refractivity (Wildman–Crippen MR) is 113 cm³/mol. The number of H-pyrrole nitrogens is 1. The van der Waals surface area contributed by atoms with Crippen molar-refractivity contribution in [3.63, 3.8) is 0 Å². The zero-order chi connectivity index (χ0) is 22.2. The monoisotopic (exact) mass is 434 g/mol. The van der Waals surface area contributed by atoms with Crippen molar-refractivity contribution < 1.29 is 18.4 Å². The summed E-state index contributed by atoms with van der Waals surface area (Å²) in [4.78, 5) is 32.4. The van der Waals surface area contributed by atoms with Crippen LogP contribution >= 0.6 is 0 Å². The molecule has 3 aromatic heterocycles. The maximum atomic E-state index is 13.9. The Balaban J connectivity index is 1.43. The Hall–Kier alpha value is -4.21. The number of aromatic nitrogens is 4. The van der Waals surface area contributed by atoms with Crippen LogP contribution < -0.4 is 10.6 Å². The van der Waals surface area contributed by atoms with Crippen molar-refractivity contribution in [2.45, 2.75) is 12.8 Å². The SMILES string of the molecule is O=C(Nc1ncc(F)cc1F)c1n[nH]c2ccc(-c3cncc(NC(=O)C4CC4)c3)cc12. The van der Waals surface area contributed by atoms with Crippen LogP contribution in [0, 0.1) is 17.6 Å². The summed E-state index contributed by atoms with van der Waals surface area (Å²) in [6, 6.07) is 7.75. The molecule has 1 fully saturated rings. The molecular formula is C22H16F2N6O2. The zero-order valence-corrected chi connectivity index (χ0v) is 16.5. The normalized spacial score (nSPS) is 13.2. The number of benzene rings is 1. The third-order valence-corrected chi connectivity index (χ3v) is 5.10. The van der Waals surface area contributed by atoms with E-state index in [2.05, 4.69) is 30.8 Å². The Bertz CT molecular complexity index is 1370. The highest BCUT2D eigenvalue weighted by atomic mass is 19.1. The summed E-state index contributed by atoms with van der Waals surface area (Å²) in [5, 5.41) is 12.4. The fourth-order valence-corrected chi connectivity index (χ4v) is 3.30. The number of aromatic amines is 1. The van der Waals surface area contributed by atoms with Crippen molar-refractivity contribution in [1.82, 2.24) is 20.2 Å². The largest absolute Gasteiger partial charge is 0.324 e. The highest BCUT2D eigenvalue weighted by Crippen LogP contribution is 2.31. The molecule has 3 heterocycles. The average Bonchev–Trinajstić information content (AvgIpc) is 3.55. The Labute approximate surface area is 180 Å². The molecule has 32 heavy (non-hydrogen) atoms. The molecular weight excluding hydrogens is 418 g/mol. The molecule has 1 aliphatic carbocycles. The fraction of sp³-hybridized carbons (Fsp3) is 0.136. The molecule has 0 bridgehead atoms. The van der Waals surface area contributed by atoms with Gasteiger partial charge in [-0.2, -0.15) is 5.10 Å². The van der Waals surface area contributed by atoms with Gasteiger partial charge in [-0.25, -0.2) is 13.8 Å². The van der Waals surface area contributed by atoms with Crippen LogP contribution in [0.25, 0.3) is 22.0 Å². The molecule has 8 nitrogen and oxygen atoms in total. The van der Waals surface area contributed by atoms with Gasteiger partial charge in [-0.05, 0) is 36.6 Å². The number of halogens is 2. The van der Waals surface area contributed by atoms with Crippen LogP contribution in [-0.4, -0.2) is 32.0 Å². The Morgan fingerprint density at radius 3 is 2.62 bits per heavy atom. The topological polar surface area (TPSA) is 113 Å². The third kappa shape index (κ3) is 3.89. The van der Waals surface area contributed by atoms with Crippen LogP contribution in [-0.2, 0) is 4.79 Å². The van der Waals surface area contributed by atoms with Crippen molar-refractivity contribution in [1.29, 1.82) is 0 Å². The lowest BCUT2D eigenvalue weighted by molar-refractivity contribution is -0.117. The lowest BCUT2D eigenvalue weighted by Crippen LogP contribution is -2.15. The Kier molecular flexibility index (Phi) is 4.81. The molecule has 0 atom stereocenters. The quantitative estimate of drug-likeness (QED) is 0.441. The lowest BCUT2D eigenvalue weighted by atomic mass is 10.0. The van der Waals surface area contributed by atoms with Crippen LogP contribution in [0.1, 0.15) is 23.3 Å². The van der Waals surface area contributed by atoms with E-state index >= 15 is 0 Å². The van der Waals surface area contributed by atoms with E-state index in [1.54, 1.807) is 30.6 Å². The van der Waals surface area contributed by atoms with Crippen LogP contribution in [0.3, 0.4) is 0 Å². The molecule has 5 rings (SSSR count). The Morgan fingerprint density at radius 2 is 1.84 bits per heavy atom. The van der Waals surface area contributed by atoms with Gasteiger partial charge in [0.25, 0.3) is 5.91 Å². The summed E-state index contributed by atoms with van der Waals surface area (Å²) in [6.45, 7) is 0. The fourth-order valence-electron chi connectivity index (χ4n) is 3.30. The number of hydrogen-bond donors (Lipinski definition) is 3. The van der Waals surface area contributed by atoms with E-state index in [9.17, 15) is 18.4 Å². The summed E-state index contributed by atoms with van der Waals surface area (Å²) >= 11 is 0. The van der Waals surface area contributed by atoms with Gasteiger partial charge in [0.05, 0.1) is 23.6 Å². The first-order chi connectivity index (χ1) is 15.5. The van der Waals surface area contributed by atoms with E-state index in [1.807, 2.05) is 6.07 Å². The van der Waals surface area contributed by atoms with Crippen molar-refractivity contribution in [2.24, 2.45) is 5.92 Å². The molecule has 1 saturated carbocycles. The number of hydrogen-bond acceptors (Lipinski definition) is 5. The predicted octanol–water partition coefficient (Wildman–Crippen LogP) is 3.90. The molecule has 10 heteroatoms. The van der Waals surface area contributed by atoms with Crippen LogP contribution in [0.4, 0.5) is 20.3 Å². The number of pyridine rings is 2.